The van der Waals surface area contributed by atoms with Crippen LogP contribution in [-0.4, -0.2) is 36.7 Å². The molecule has 3 fully saturated rings. The number of methoxy groups -OCH3 is 1. The van der Waals surface area contributed by atoms with E-state index in [2.05, 4.69) is 33.8 Å². The first kappa shape index (κ1) is 23.4. The molecule has 1 aromatic rings. The molecule has 0 aromatic heterocycles. The van der Waals surface area contributed by atoms with Crippen molar-refractivity contribution in [2.24, 2.45) is 0 Å². The maximum Gasteiger partial charge on any atom is 0.494 e. The third-order valence-corrected chi connectivity index (χ3v) is 12.6. The second kappa shape index (κ2) is 8.88. The van der Waals surface area contributed by atoms with Crippen molar-refractivity contribution in [3.63, 3.8) is 0 Å². The number of hydrogen-bond donors (Lipinski definition) is 0. The fourth-order valence-electron chi connectivity index (χ4n) is 5.73. The molecular weight excluding hydrogens is 406 g/mol. The van der Waals surface area contributed by atoms with Crippen molar-refractivity contribution in [3.8, 4) is 5.75 Å². The summed E-state index contributed by atoms with van der Waals surface area (Å²) in [6.07, 6.45) is 11.6. The van der Waals surface area contributed by atoms with Crippen molar-refractivity contribution in [2.75, 3.05) is 7.11 Å². The van der Waals surface area contributed by atoms with E-state index in [0.29, 0.717) is 0 Å². The van der Waals surface area contributed by atoms with E-state index in [0.717, 1.165) is 42.2 Å². The van der Waals surface area contributed by atoms with Gasteiger partial charge in [-0.1, -0.05) is 44.6 Å². The number of ether oxygens (including phenoxy) is 1. The second-order valence-electron chi connectivity index (χ2n) is 10.8. The minimum Gasteiger partial charge on any atom is -0.496 e. The van der Waals surface area contributed by atoms with Gasteiger partial charge in [0.05, 0.1) is 23.6 Å². The van der Waals surface area contributed by atoms with Crippen molar-refractivity contribution in [1.82, 2.24) is 0 Å². The Morgan fingerprint density at radius 1 is 0.871 bits per heavy atom. The lowest BCUT2D eigenvalue weighted by molar-refractivity contribution is 0.00578. The van der Waals surface area contributed by atoms with Crippen molar-refractivity contribution in [1.29, 1.82) is 0 Å². The Hall–Kier alpha value is -0.765. The molecule has 0 amide bonds. The summed E-state index contributed by atoms with van der Waals surface area (Å²) in [6, 6.07) is 6.13. The van der Waals surface area contributed by atoms with E-state index in [-0.39, 0.29) is 11.3 Å². The van der Waals surface area contributed by atoms with E-state index in [1.165, 1.54) is 38.5 Å². The van der Waals surface area contributed by atoms with Gasteiger partial charge in [-0.3, -0.25) is 0 Å². The van der Waals surface area contributed by atoms with Gasteiger partial charge >= 0.3 is 7.12 Å². The van der Waals surface area contributed by atoms with Crippen molar-refractivity contribution >= 4 is 25.0 Å². The summed E-state index contributed by atoms with van der Waals surface area (Å²) in [7, 11) is -1.38. The van der Waals surface area contributed by atoms with E-state index in [1.807, 2.05) is 12.1 Å². The van der Waals surface area contributed by atoms with Gasteiger partial charge in [0.2, 0.25) is 0 Å². The molecule has 1 heterocycles. The molecule has 1 saturated heterocycles. The highest BCUT2D eigenvalue weighted by Gasteiger charge is 2.52. The fraction of sp³-hybridized carbons (Fsp3) is 0.760. The predicted octanol–water partition coefficient (Wildman–Crippen LogP) is 5.65. The summed E-state index contributed by atoms with van der Waals surface area (Å²) in [4.78, 5) is 0. The first-order chi connectivity index (χ1) is 14.7. The Bertz CT molecular complexity index is 787. The summed E-state index contributed by atoms with van der Waals surface area (Å²) in [5, 5.41) is 0.945. The molecule has 1 aromatic carbocycles. The summed E-state index contributed by atoms with van der Waals surface area (Å²) >= 11 is 0. The van der Waals surface area contributed by atoms with Gasteiger partial charge < -0.3 is 18.6 Å². The molecule has 0 radical (unpaired) electrons. The maximum absolute atomic E-state index is 15.2. The summed E-state index contributed by atoms with van der Waals surface area (Å²) in [5.74, 6) is 0.778. The Morgan fingerprint density at radius 2 is 1.35 bits per heavy atom. The van der Waals surface area contributed by atoms with E-state index in [4.69, 9.17) is 14.0 Å². The molecule has 0 atom stereocenters. The average molecular weight is 446 g/mol. The van der Waals surface area contributed by atoms with Crippen LogP contribution in [0.4, 0.5) is 0 Å². The Kier molecular flexibility index (Phi) is 6.70. The van der Waals surface area contributed by atoms with Crippen molar-refractivity contribution in [2.45, 2.75) is 114 Å². The molecule has 4 rings (SSSR count). The zero-order chi connectivity index (χ0) is 22.3. The third-order valence-electron chi connectivity index (χ3n) is 8.34. The Labute approximate surface area is 189 Å². The van der Waals surface area contributed by atoms with Gasteiger partial charge in [0.15, 0.2) is 0 Å². The summed E-state index contributed by atoms with van der Waals surface area (Å²) in [6.45, 7) is 8.30. The van der Waals surface area contributed by atoms with Gasteiger partial charge in [-0.2, -0.15) is 0 Å². The minimum atomic E-state index is -2.64. The molecular formula is C25H40BO4P. The van der Waals surface area contributed by atoms with Crippen molar-refractivity contribution in [3.05, 3.63) is 18.2 Å². The van der Waals surface area contributed by atoms with Gasteiger partial charge in [0.25, 0.3) is 0 Å². The molecule has 1 aliphatic heterocycles. The predicted molar refractivity (Wildman–Crippen MR) is 130 cm³/mol. The molecule has 2 aliphatic carbocycles. The number of benzene rings is 1. The molecule has 4 nitrogen and oxygen atoms in total. The zero-order valence-corrected chi connectivity index (χ0v) is 21.0. The molecule has 172 valence electrons. The van der Waals surface area contributed by atoms with Crippen LogP contribution in [0, 0.1) is 0 Å². The minimum absolute atomic E-state index is 0.284. The standard InChI is InChI=1S/C25H40BO4P/c1-24(2)25(3,4)30-26(29-24)19-16-17-22(28-5)23(18-19)31(27,20-12-8-6-9-13-20)21-14-10-7-11-15-21/h16-18,20-21H,6-15H2,1-5H3. The van der Waals surface area contributed by atoms with Gasteiger partial charge in [-0.25, -0.2) is 0 Å². The molecule has 0 N–H and O–H groups in total. The van der Waals surface area contributed by atoms with Crippen LogP contribution in [0.1, 0.15) is 91.9 Å². The molecule has 6 heteroatoms. The van der Waals surface area contributed by atoms with E-state index >= 15 is 4.57 Å². The van der Waals surface area contributed by atoms with E-state index < -0.39 is 25.5 Å². The van der Waals surface area contributed by atoms with Crippen LogP contribution >= 0.6 is 7.14 Å². The van der Waals surface area contributed by atoms with Gasteiger partial charge in [0, 0.05) is 11.3 Å². The van der Waals surface area contributed by atoms with Crippen LogP contribution in [0.15, 0.2) is 18.2 Å². The lowest BCUT2D eigenvalue weighted by Crippen LogP contribution is -2.41. The quantitative estimate of drug-likeness (QED) is 0.433. The van der Waals surface area contributed by atoms with Crippen LogP contribution in [0.25, 0.3) is 0 Å². The normalized spacial score (nSPS) is 25.0. The van der Waals surface area contributed by atoms with Crippen LogP contribution in [-0.2, 0) is 13.9 Å². The average Bonchev–Trinajstić information content (AvgIpc) is 3.01. The van der Waals surface area contributed by atoms with E-state index in [1.54, 1.807) is 7.11 Å². The fourth-order valence-corrected chi connectivity index (χ4v) is 10.2. The molecule has 3 aliphatic rings. The SMILES string of the molecule is COc1ccc(B2OC(C)(C)C(C)(C)O2)cc1P(=O)(C1CCCCC1)C1CCCCC1. The maximum atomic E-state index is 15.2. The smallest absolute Gasteiger partial charge is 0.494 e. The molecule has 0 unspecified atom stereocenters. The highest BCUT2D eigenvalue weighted by Crippen LogP contribution is 2.62. The van der Waals surface area contributed by atoms with E-state index in [9.17, 15) is 0 Å². The summed E-state index contributed by atoms with van der Waals surface area (Å²) < 4.78 is 33.6. The second-order valence-corrected chi connectivity index (χ2v) is 14.2. The monoisotopic (exact) mass is 446 g/mol. The number of rotatable bonds is 5. The number of hydrogen-bond acceptors (Lipinski definition) is 4. The molecule has 0 bridgehead atoms. The van der Waals surface area contributed by atoms with Crippen LogP contribution < -0.4 is 15.5 Å². The van der Waals surface area contributed by atoms with Gasteiger partial charge in [-0.15, -0.1) is 0 Å². The van der Waals surface area contributed by atoms with Crippen LogP contribution in [0.3, 0.4) is 0 Å². The van der Waals surface area contributed by atoms with Gasteiger partial charge in [0.1, 0.15) is 12.9 Å². The highest BCUT2D eigenvalue weighted by molar-refractivity contribution is 7.73. The first-order valence-corrected chi connectivity index (χ1v) is 14.2. The Morgan fingerprint density at radius 3 is 1.81 bits per heavy atom. The van der Waals surface area contributed by atoms with Crippen LogP contribution in [0.2, 0.25) is 0 Å². The first-order valence-electron chi connectivity index (χ1n) is 12.3. The lowest BCUT2D eigenvalue weighted by atomic mass is 9.79. The molecule has 0 spiro atoms. The zero-order valence-electron chi connectivity index (χ0n) is 20.1. The summed E-state index contributed by atoms with van der Waals surface area (Å²) in [5.41, 5.74) is 0.738. The Balaban J connectivity index is 1.77. The van der Waals surface area contributed by atoms with Crippen LogP contribution in [0.5, 0.6) is 5.75 Å². The molecule has 2 saturated carbocycles. The highest BCUT2D eigenvalue weighted by atomic mass is 31.2. The van der Waals surface area contributed by atoms with Gasteiger partial charge in [-0.05, 0) is 71.0 Å². The third kappa shape index (κ3) is 4.27. The largest absolute Gasteiger partial charge is 0.496 e. The lowest BCUT2D eigenvalue weighted by Gasteiger charge is -2.39. The topological polar surface area (TPSA) is 44.8 Å². The van der Waals surface area contributed by atoms with Crippen molar-refractivity contribution < 1.29 is 18.6 Å². The molecule has 31 heavy (non-hydrogen) atoms.